The molecule has 7 heteroatoms. The van der Waals surface area contributed by atoms with Crippen molar-refractivity contribution in [2.45, 2.75) is 45.4 Å². The second-order valence-electron chi connectivity index (χ2n) is 9.13. The number of hydrogen-bond donors (Lipinski definition) is 1. The van der Waals surface area contributed by atoms with Crippen LogP contribution < -0.4 is 5.32 Å². The lowest BCUT2D eigenvalue weighted by atomic mass is 9.91. The molecule has 2 aromatic carbocycles. The van der Waals surface area contributed by atoms with Gasteiger partial charge < -0.3 is 19.9 Å². The number of hydrogen-bond acceptors (Lipinski definition) is 3. The van der Waals surface area contributed by atoms with E-state index in [0.29, 0.717) is 24.7 Å². The van der Waals surface area contributed by atoms with Crippen molar-refractivity contribution < 1.29 is 9.53 Å². The van der Waals surface area contributed by atoms with E-state index in [-0.39, 0.29) is 12.1 Å². The highest BCUT2D eigenvalue weighted by Gasteiger charge is 2.37. The van der Waals surface area contributed by atoms with Crippen LogP contribution in [-0.4, -0.2) is 39.7 Å². The quantitative estimate of drug-likeness (QED) is 0.527. The minimum Gasteiger partial charge on any atom is -0.444 e. The minimum atomic E-state index is -0.527. The largest absolute Gasteiger partial charge is 0.444 e. The van der Waals surface area contributed by atoms with Crippen LogP contribution in [-0.2, 0) is 11.3 Å². The Hall–Kier alpha value is -2.38. The summed E-state index contributed by atoms with van der Waals surface area (Å²) in [6, 6.07) is 18.5. The van der Waals surface area contributed by atoms with Crippen LogP contribution >= 0.6 is 28.1 Å². The highest BCUT2D eigenvalue weighted by Crippen LogP contribution is 2.37. The smallest absolute Gasteiger partial charge is 0.410 e. The Labute approximate surface area is 203 Å². The van der Waals surface area contributed by atoms with Crippen molar-refractivity contribution >= 4 is 39.4 Å². The number of amides is 1. The van der Waals surface area contributed by atoms with Gasteiger partial charge in [-0.05, 0) is 61.8 Å². The molecular weight excluding hydrogens is 486 g/mol. The van der Waals surface area contributed by atoms with Gasteiger partial charge in [0.2, 0.25) is 0 Å². The van der Waals surface area contributed by atoms with Gasteiger partial charge in [0.05, 0.1) is 6.04 Å². The van der Waals surface area contributed by atoms with E-state index in [1.807, 2.05) is 51.1 Å². The molecule has 32 heavy (non-hydrogen) atoms. The van der Waals surface area contributed by atoms with E-state index >= 15 is 0 Å². The fourth-order valence-electron chi connectivity index (χ4n) is 4.14. The van der Waals surface area contributed by atoms with Crippen LogP contribution in [0.4, 0.5) is 4.79 Å². The average Bonchev–Trinajstić information content (AvgIpc) is 2.74. The maximum atomic E-state index is 12.8. The molecule has 0 radical (unpaired) electrons. The molecule has 0 spiro atoms. The van der Waals surface area contributed by atoms with E-state index in [1.54, 1.807) is 4.90 Å². The number of carbonyl (C=O) groups is 1. The molecule has 0 aliphatic carbocycles. The van der Waals surface area contributed by atoms with Gasteiger partial charge in [-0.2, -0.15) is 0 Å². The number of halogens is 1. The van der Waals surface area contributed by atoms with Gasteiger partial charge in [-0.1, -0.05) is 58.4 Å². The first-order valence-corrected chi connectivity index (χ1v) is 12.0. The molecule has 2 aliphatic heterocycles. The Morgan fingerprint density at radius 2 is 1.94 bits per heavy atom. The Morgan fingerprint density at radius 1 is 1.19 bits per heavy atom. The van der Waals surface area contributed by atoms with E-state index in [9.17, 15) is 4.79 Å². The Balaban J connectivity index is 1.70. The van der Waals surface area contributed by atoms with Crippen molar-refractivity contribution in [3.8, 4) is 0 Å². The van der Waals surface area contributed by atoms with Crippen LogP contribution in [0.1, 0.15) is 44.4 Å². The fourth-order valence-corrected chi connectivity index (χ4v) is 4.85. The van der Waals surface area contributed by atoms with Gasteiger partial charge in [0.1, 0.15) is 5.60 Å². The van der Waals surface area contributed by atoms with Gasteiger partial charge in [0.25, 0.3) is 0 Å². The zero-order chi connectivity index (χ0) is 22.9. The van der Waals surface area contributed by atoms with E-state index in [0.717, 1.165) is 22.0 Å². The molecule has 0 bridgehead atoms. The second-order valence-corrected chi connectivity index (χ2v) is 10.4. The molecule has 5 nitrogen and oxygen atoms in total. The molecule has 4 rings (SSSR count). The summed E-state index contributed by atoms with van der Waals surface area (Å²) >= 11 is 9.41. The summed E-state index contributed by atoms with van der Waals surface area (Å²) in [5, 5.41) is 4.25. The maximum absolute atomic E-state index is 12.8. The third-order valence-corrected chi connectivity index (χ3v) is 6.39. The molecule has 0 aromatic heterocycles. The summed E-state index contributed by atoms with van der Waals surface area (Å²) in [5.41, 5.74) is 4.13. The number of nitrogens with one attached hydrogen (secondary N) is 1. The number of carbonyl (C=O) groups excluding carboxylic acids is 1. The normalized spacial score (nSPS) is 18.9. The lowest BCUT2D eigenvalue weighted by molar-refractivity contribution is 0.0249. The van der Waals surface area contributed by atoms with Crippen molar-refractivity contribution in [3.63, 3.8) is 0 Å². The van der Waals surface area contributed by atoms with Gasteiger partial charge in [-0.15, -0.1) is 0 Å². The Kier molecular flexibility index (Phi) is 6.58. The molecule has 0 saturated carbocycles. The van der Waals surface area contributed by atoms with Crippen molar-refractivity contribution in [2.24, 2.45) is 0 Å². The van der Waals surface area contributed by atoms with Crippen molar-refractivity contribution in [2.75, 3.05) is 13.1 Å². The molecule has 1 amide bonds. The summed E-state index contributed by atoms with van der Waals surface area (Å²) < 4.78 is 6.67. The lowest BCUT2D eigenvalue weighted by Crippen LogP contribution is -2.52. The topological polar surface area (TPSA) is 44.8 Å². The number of benzene rings is 2. The summed E-state index contributed by atoms with van der Waals surface area (Å²) in [6.45, 7) is 7.49. The Bertz CT molecular complexity index is 1050. The third kappa shape index (κ3) is 5.15. The molecule has 0 saturated heterocycles. The first kappa shape index (κ1) is 22.8. The molecule has 0 unspecified atom stereocenters. The summed E-state index contributed by atoms with van der Waals surface area (Å²) in [4.78, 5) is 16.8. The van der Waals surface area contributed by atoms with Gasteiger partial charge in [0, 0.05) is 36.2 Å². The van der Waals surface area contributed by atoms with E-state index < -0.39 is 5.60 Å². The predicted octanol–water partition coefficient (Wildman–Crippen LogP) is 5.78. The van der Waals surface area contributed by atoms with Crippen LogP contribution in [0.2, 0.25) is 0 Å². The van der Waals surface area contributed by atoms with E-state index in [2.05, 4.69) is 50.4 Å². The maximum Gasteiger partial charge on any atom is 0.410 e. The first-order chi connectivity index (χ1) is 15.2. The number of nitrogens with zero attached hydrogens (tertiary/aromatic N) is 2. The monoisotopic (exact) mass is 513 g/mol. The summed E-state index contributed by atoms with van der Waals surface area (Å²) in [6.07, 6.45) is 0.452. The fraction of sp³-hybridized carbons (Fsp3) is 0.360. The van der Waals surface area contributed by atoms with Gasteiger partial charge in [-0.25, -0.2) is 4.79 Å². The van der Waals surface area contributed by atoms with Crippen LogP contribution in [0.3, 0.4) is 0 Å². The van der Waals surface area contributed by atoms with Crippen LogP contribution in [0.25, 0.3) is 0 Å². The first-order valence-electron chi connectivity index (χ1n) is 10.8. The van der Waals surface area contributed by atoms with E-state index in [1.165, 1.54) is 11.3 Å². The molecule has 2 aromatic rings. The molecule has 1 N–H and O–H groups in total. The van der Waals surface area contributed by atoms with Crippen molar-refractivity contribution in [1.82, 2.24) is 15.1 Å². The van der Waals surface area contributed by atoms with Gasteiger partial charge in [-0.3, -0.25) is 0 Å². The van der Waals surface area contributed by atoms with Gasteiger partial charge >= 0.3 is 6.09 Å². The number of rotatable bonds is 3. The zero-order valence-electron chi connectivity index (χ0n) is 18.6. The minimum absolute atomic E-state index is 0.0905. The zero-order valence-corrected chi connectivity index (χ0v) is 21.0. The third-order valence-electron chi connectivity index (χ3n) is 5.55. The molecular formula is C25H28BrN3O2S. The van der Waals surface area contributed by atoms with Crippen LogP contribution in [0, 0.1) is 0 Å². The standard InChI is InChI=1S/C25H28BrN3O2S/c1-25(2,3)31-24(30)28-13-12-21-20(16-28)22(18-10-7-11-19(26)14-18)27-23(32)29(21)15-17-8-5-4-6-9-17/h4-11,14,22H,12-13,15-16H2,1-3H3,(H,27,32)/t22-/m0/s1. The molecule has 168 valence electrons. The van der Waals surface area contributed by atoms with E-state index in [4.69, 9.17) is 17.0 Å². The van der Waals surface area contributed by atoms with Crippen LogP contribution in [0.15, 0.2) is 70.3 Å². The predicted molar refractivity (Wildman–Crippen MR) is 134 cm³/mol. The average molecular weight is 514 g/mol. The molecule has 2 aliphatic rings. The number of thiocarbonyl (C=S) groups is 1. The van der Waals surface area contributed by atoms with Crippen molar-refractivity contribution in [1.29, 1.82) is 0 Å². The highest BCUT2D eigenvalue weighted by atomic mass is 79.9. The summed E-state index contributed by atoms with van der Waals surface area (Å²) in [7, 11) is 0. The SMILES string of the molecule is CC(C)(C)OC(=O)N1CCC2=C(C1)[C@H](c1cccc(Br)c1)NC(=S)N2Cc1ccccc1. The van der Waals surface area contributed by atoms with Crippen molar-refractivity contribution in [3.05, 3.63) is 81.5 Å². The molecule has 0 fully saturated rings. The summed E-state index contributed by atoms with van der Waals surface area (Å²) in [5.74, 6) is 0. The molecule has 1 atom stereocenters. The second kappa shape index (κ2) is 9.24. The highest BCUT2D eigenvalue weighted by molar-refractivity contribution is 9.10. The number of ether oxygens (including phenoxy) is 1. The van der Waals surface area contributed by atoms with Gasteiger partial charge in [0.15, 0.2) is 5.11 Å². The molecule has 2 heterocycles. The lowest BCUT2D eigenvalue weighted by Gasteiger charge is -2.44. The van der Waals surface area contributed by atoms with Crippen LogP contribution in [0.5, 0.6) is 0 Å². The Morgan fingerprint density at radius 3 is 2.62 bits per heavy atom.